The van der Waals surface area contributed by atoms with E-state index in [0.29, 0.717) is 6.42 Å². The zero-order valence-electron chi connectivity index (χ0n) is 10.1. The number of halogens is 3. The smallest absolute Gasteiger partial charge is 0.419 e. The highest BCUT2D eigenvalue weighted by atomic mass is 19.4. The van der Waals surface area contributed by atoms with Crippen LogP contribution in [0.2, 0.25) is 0 Å². The van der Waals surface area contributed by atoms with Crippen molar-refractivity contribution >= 4 is 0 Å². The number of benzene rings is 1. The highest BCUT2D eigenvalue weighted by molar-refractivity contribution is 5.40. The first-order valence-corrected chi connectivity index (χ1v) is 5.16. The Bertz CT molecular complexity index is 394. The first kappa shape index (κ1) is 13.8. The maximum Gasteiger partial charge on any atom is 0.419 e. The lowest BCUT2D eigenvalue weighted by Gasteiger charge is -2.20. The largest absolute Gasteiger partial charge is 0.496 e. The fourth-order valence-electron chi connectivity index (χ4n) is 1.61. The van der Waals surface area contributed by atoms with Crippen molar-refractivity contribution in [2.24, 2.45) is 5.73 Å². The summed E-state index contributed by atoms with van der Waals surface area (Å²) in [5.74, 6) is -0.167. The summed E-state index contributed by atoms with van der Waals surface area (Å²) >= 11 is 0. The Balaban J connectivity index is 3.09. The van der Waals surface area contributed by atoms with Crippen molar-refractivity contribution in [1.82, 2.24) is 0 Å². The van der Waals surface area contributed by atoms with Gasteiger partial charge in [0.25, 0.3) is 0 Å². The van der Waals surface area contributed by atoms with Gasteiger partial charge in [-0.2, -0.15) is 13.2 Å². The van der Waals surface area contributed by atoms with Crippen molar-refractivity contribution in [1.29, 1.82) is 0 Å². The Morgan fingerprint density at radius 2 is 1.82 bits per heavy atom. The molecule has 0 saturated heterocycles. The minimum atomic E-state index is -4.40. The number of ether oxygens (including phenoxy) is 1. The van der Waals surface area contributed by atoms with Gasteiger partial charge in [0.1, 0.15) is 5.75 Å². The van der Waals surface area contributed by atoms with Crippen LogP contribution in [-0.2, 0) is 12.6 Å². The van der Waals surface area contributed by atoms with E-state index in [0.717, 1.165) is 11.6 Å². The molecule has 1 aromatic carbocycles. The summed E-state index contributed by atoms with van der Waals surface area (Å²) < 4.78 is 42.6. The lowest BCUT2D eigenvalue weighted by Crippen LogP contribution is -2.34. The van der Waals surface area contributed by atoms with Crippen LogP contribution in [0.5, 0.6) is 5.75 Å². The predicted molar refractivity (Wildman–Crippen MR) is 60.0 cm³/mol. The second-order valence-electron chi connectivity index (χ2n) is 4.70. The molecule has 0 atom stereocenters. The van der Waals surface area contributed by atoms with Crippen molar-refractivity contribution in [2.45, 2.75) is 32.0 Å². The SMILES string of the molecule is COc1cc(CC(C)(C)N)ccc1C(F)(F)F. The predicted octanol–water partition coefficient (Wildman–Crippen LogP) is 2.99. The molecule has 0 aliphatic heterocycles. The zero-order valence-corrected chi connectivity index (χ0v) is 10.1. The van der Waals surface area contributed by atoms with Crippen LogP contribution in [0.3, 0.4) is 0 Å². The highest BCUT2D eigenvalue weighted by Crippen LogP contribution is 2.36. The lowest BCUT2D eigenvalue weighted by molar-refractivity contribution is -0.138. The van der Waals surface area contributed by atoms with Gasteiger partial charge in [0.2, 0.25) is 0 Å². The fourth-order valence-corrected chi connectivity index (χ4v) is 1.61. The Hall–Kier alpha value is -1.23. The zero-order chi connectivity index (χ0) is 13.3. The number of hydrogen-bond acceptors (Lipinski definition) is 2. The molecule has 0 saturated carbocycles. The maximum absolute atomic E-state index is 12.6. The van der Waals surface area contributed by atoms with E-state index in [9.17, 15) is 13.2 Å². The molecule has 0 amide bonds. The third-order valence-electron chi connectivity index (χ3n) is 2.23. The Kier molecular flexibility index (Phi) is 3.71. The second kappa shape index (κ2) is 4.56. The fraction of sp³-hybridized carbons (Fsp3) is 0.500. The van der Waals surface area contributed by atoms with Crippen molar-refractivity contribution < 1.29 is 17.9 Å². The van der Waals surface area contributed by atoms with Crippen LogP contribution in [0.25, 0.3) is 0 Å². The summed E-state index contributed by atoms with van der Waals surface area (Å²) in [5.41, 5.74) is 5.31. The van der Waals surface area contributed by atoms with Gasteiger partial charge in [-0.3, -0.25) is 0 Å². The van der Waals surface area contributed by atoms with Crippen LogP contribution in [0.15, 0.2) is 18.2 Å². The first-order chi connectivity index (χ1) is 7.63. The van der Waals surface area contributed by atoms with Gasteiger partial charge in [0, 0.05) is 5.54 Å². The van der Waals surface area contributed by atoms with Crippen molar-refractivity contribution in [3.63, 3.8) is 0 Å². The molecule has 0 bridgehead atoms. The third kappa shape index (κ3) is 3.93. The van der Waals surface area contributed by atoms with E-state index >= 15 is 0 Å². The molecule has 17 heavy (non-hydrogen) atoms. The van der Waals surface area contributed by atoms with Crippen LogP contribution in [0.4, 0.5) is 13.2 Å². The molecule has 0 fully saturated rings. The van der Waals surface area contributed by atoms with E-state index in [4.69, 9.17) is 10.5 Å². The van der Waals surface area contributed by atoms with Gasteiger partial charge in [-0.05, 0) is 38.0 Å². The molecule has 1 rings (SSSR count). The monoisotopic (exact) mass is 247 g/mol. The van der Waals surface area contributed by atoms with Gasteiger partial charge in [0.15, 0.2) is 0 Å². The molecule has 0 aromatic heterocycles. The second-order valence-corrected chi connectivity index (χ2v) is 4.70. The number of methoxy groups -OCH3 is 1. The van der Waals surface area contributed by atoms with Gasteiger partial charge < -0.3 is 10.5 Å². The topological polar surface area (TPSA) is 35.2 Å². The maximum atomic E-state index is 12.6. The first-order valence-electron chi connectivity index (χ1n) is 5.16. The molecule has 0 radical (unpaired) electrons. The molecule has 96 valence electrons. The van der Waals surface area contributed by atoms with E-state index in [1.807, 2.05) is 13.8 Å². The Morgan fingerprint density at radius 1 is 1.24 bits per heavy atom. The number of alkyl halides is 3. The van der Waals surface area contributed by atoms with Crippen molar-refractivity contribution in [2.75, 3.05) is 7.11 Å². The summed E-state index contributed by atoms with van der Waals surface area (Å²) in [4.78, 5) is 0. The van der Waals surface area contributed by atoms with Gasteiger partial charge in [0.05, 0.1) is 12.7 Å². The summed E-state index contributed by atoms with van der Waals surface area (Å²) in [6.07, 6.45) is -3.91. The third-order valence-corrected chi connectivity index (χ3v) is 2.23. The molecule has 0 heterocycles. The molecule has 0 unspecified atom stereocenters. The summed E-state index contributed by atoms with van der Waals surface area (Å²) in [6.45, 7) is 3.63. The van der Waals surface area contributed by atoms with E-state index in [2.05, 4.69) is 0 Å². The van der Waals surface area contributed by atoms with Gasteiger partial charge in [-0.25, -0.2) is 0 Å². The van der Waals surface area contributed by atoms with Gasteiger partial charge in [-0.1, -0.05) is 6.07 Å². The normalized spacial score (nSPS) is 12.6. The Labute approximate surface area is 98.6 Å². The van der Waals surface area contributed by atoms with Gasteiger partial charge >= 0.3 is 6.18 Å². The summed E-state index contributed by atoms with van der Waals surface area (Å²) in [7, 11) is 1.22. The molecular formula is C12H16F3NO. The average molecular weight is 247 g/mol. The van der Waals surface area contributed by atoms with E-state index < -0.39 is 17.3 Å². The molecule has 0 aliphatic carbocycles. The lowest BCUT2D eigenvalue weighted by atomic mass is 9.95. The molecule has 2 N–H and O–H groups in total. The average Bonchev–Trinajstić information content (AvgIpc) is 2.13. The number of nitrogens with two attached hydrogens (primary N) is 1. The summed E-state index contributed by atoms with van der Waals surface area (Å²) in [6, 6.07) is 3.84. The standard InChI is InChI=1S/C12H16F3NO/c1-11(2,16)7-8-4-5-9(12(13,14)15)10(6-8)17-3/h4-6H,7,16H2,1-3H3. The van der Waals surface area contributed by atoms with Crippen molar-refractivity contribution in [3.8, 4) is 5.75 Å². The molecule has 5 heteroatoms. The van der Waals surface area contributed by atoms with Crippen LogP contribution >= 0.6 is 0 Å². The minimum Gasteiger partial charge on any atom is -0.496 e. The van der Waals surface area contributed by atoms with Crippen LogP contribution in [0, 0.1) is 0 Å². The molecular weight excluding hydrogens is 231 g/mol. The minimum absolute atomic E-state index is 0.167. The van der Waals surface area contributed by atoms with E-state index in [-0.39, 0.29) is 5.75 Å². The van der Waals surface area contributed by atoms with Gasteiger partial charge in [-0.15, -0.1) is 0 Å². The van der Waals surface area contributed by atoms with Crippen molar-refractivity contribution in [3.05, 3.63) is 29.3 Å². The van der Waals surface area contributed by atoms with Crippen LogP contribution < -0.4 is 10.5 Å². The molecule has 0 aliphatic rings. The molecule has 0 spiro atoms. The quantitative estimate of drug-likeness (QED) is 0.891. The van der Waals surface area contributed by atoms with Crippen LogP contribution in [-0.4, -0.2) is 12.6 Å². The van der Waals surface area contributed by atoms with E-state index in [1.54, 1.807) is 0 Å². The highest BCUT2D eigenvalue weighted by Gasteiger charge is 2.34. The van der Waals surface area contributed by atoms with E-state index in [1.165, 1.54) is 19.2 Å². The number of rotatable bonds is 3. The number of hydrogen-bond donors (Lipinski definition) is 1. The molecule has 1 aromatic rings. The summed E-state index contributed by atoms with van der Waals surface area (Å²) in [5, 5.41) is 0. The van der Waals surface area contributed by atoms with Crippen LogP contribution in [0.1, 0.15) is 25.0 Å². The molecule has 2 nitrogen and oxygen atoms in total. The Morgan fingerprint density at radius 3 is 2.24 bits per heavy atom.